The van der Waals surface area contributed by atoms with E-state index in [4.69, 9.17) is 10.9 Å². The van der Waals surface area contributed by atoms with Crippen molar-refractivity contribution >= 4 is 5.91 Å². The van der Waals surface area contributed by atoms with Gasteiger partial charge in [-0.2, -0.15) is 13.2 Å². The molecule has 0 bridgehead atoms. The molecule has 16 heavy (non-hydrogen) atoms. The molecule has 0 aliphatic carbocycles. The third-order valence-corrected chi connectivity index (χ3v) is 1.86. The Labute approximate surface area is 91.4 Å². The van der Waals surface area contributed by atoms with Gasteiger partial charge in [0.2, 0.25) is 5.91 Å². The number of nitrogens with one attached hydrogen (secondary N) is 1. The highest BCUT2D eigenvalue weighted by Gasteiger charge is 2.30. The fourth-order valence-corrected chi connectivity index (χ4v) is 1.20. The van der Waals surface area contributed by atoms with Crippen molar-refractivity contribution in [3.05, 3.63) is 0 Å². The van der Waals surface area contributed by atoms with Gasteiger partial charge in [0, 0.05) is 13.0 Å². The monoisotopic (exact) mass is 243 g/mol. The fourth-order valence-electron chi connectivity index (χ4n) is 1.20. The minimum Gasteiger partial charge on any atom is -0.395 e. The molecule has 0 unspecified atom stereocenters. The fraction of sp³-hybridized carbons (Fsp3) is 0.875. The van der Waals surface area contributed by atoms with Crippen LogP contribution in [-0.2, 0) is 4.79 Å². The van der Waals surface area contributed by atoms with Crippen LogP contribution in [0.1, 0.15) is 12.8 Å². The van der Waals surface area contributed by atoms with Crippen molar-refractivity contribution in [2.24, 2.45) is 5.84 Å². The molecular weight excluding hydrogens is 227 g/mol. The van der Waals surface area contributed by atoms with Crippen molar-refractivity contribution in [2.45, 2.75) is 19.0 Å². The van der Waals surface area contributed by atoms with Crippen molar-refractivity contribution in [3.8, 4) is 0 Å². The van der Waals surface area contributed by atoms with Gasteiger partial charge in [-0.25, -0.2) is 5.84 Å². The topological polar surface area (TPSA) is 78.6 Å². The molecule has 0 aromatic carbocycles. The van der Waals surface area contributed by atoms with Crippen molar-refractivity contribution in [3.63, 3.8) is 0 Å². The second-order valence-corrected chi connectivity index (χ2v) is 3.29. The second kappa shape index (κ2) is 7.42. The summed E-state index contributed by atoms with van der Waals surface area (Å²) in [6.45, 7) is -1.41. The third kappa shape index (κ3) is 8.45. The molecule has 0 heterocycles. The quantitative estimate of drug-likeness (QED) is 0.323. The van der Waals surface area contributed by atoms with Gasteiger partial charge in [0.05, 0.1) is 13.2 Å². The van der Waals surface area contributed by atoms with E-state index in [0.29, 0.717) is 0 Å². The molecule has 0 radical (unpaired) electrons. The minimum absolute atomic E-state index is 0.0657. The molecule has 0 atom stereocenters. The highest BCUT2D eigenvalue weighted by Crippen LogP contribution is 2.16. The van der Waals surface area contributed by atoms with Gasteiger partial charge < -0.3 is 5.11 Å². The summed E-state index contributed by atoms with van der Waals surface area (Å²) < 4.78 is 36.2. The molecule has 0 aliphatic rings. The van der Waals surface area contributed by atoms with Crippen LogP contribution in [0, 0.1) is 0 Å². The standard InChI is InChI=1S/C8H16F3N3O2/c9-8(10,11)6-14(4-5-15)3-1-2-7(16)13-12/h15H,1-6,12H2,(H,13,16). The Morgan fingerprint density at radius 2 is 2.00 bits per heavy atom. The number of rotatable bonds is 7. The Morgan fingerprint density at radius 1 is 1.38 bits per heavy atom. The molecule has 0 fully saturated rings. The normalized spacial score (nSPS) is 11.9. The van der Waals surface area contributed by atoms with Crippen LogP contribution < -0.4 is 11.3 Å². The molecule has 8 heteroatoms. The predicted molar refractivity (Wildman–Crippen MR) is 51.1 cm³/mol. The summed E-state index contributed by atoms with van der Waals surface area (Å²) in [4.78, 5) is 11.8. The number of nitrogens with two attached hydrogens (primary N) is 1. The summed E-state index contributed by atoms with van der Waals surface area (Å²) in [6, 6.07) is 0. The van der Waals surface area contributed by atoms with Crippen molar-refractivity contribution in [1.82, 2.24) is 10.3 Å². The van der Waals surface area contributed by atoms with Crippen LogP contribution in [0.4, 0.5) is 13.2 Å². The number of hydrogen-bond donors (Lipinski definition) is 3. The minimum atomic E-state index is -4.30. The smallest absolute Gasteiger partial charge is 0.395 e. The Bertz CT molecular complexity index is 211. The summed E-state index contributed by atoms with van der Waals surface area (Å²) in [5, 5.41) is 8.58. The van der Waals surface area contributed by atoms with Crippen LogP contribution in [0.25, 0.3) is 0 Å². The van der Waals surface area contributed by atoms with Crippen LogP contribution in [-0.4, -0.2) is 48.3 Å². The largest absolute Gasteiger partial charge is 0.401 e. The number of alkyl halides is 3. The molecule has 1 amide bonds. The van der Waals surface area contributed by atoms with E-state index in [1.165, 1.54) is 0 Å². The number of hydrogen-bond acceptors (Lipinski definition) is 4. The molecule has 0 aromatic rings. The molecule has 0 aromatic heterocycles. The van der Waals surface area contributed by atoms with Gasteiger partial charge in [-0.15, -0.1) is 0 Å². The first-order valence-electron chi connectivity index (χ1n) is 4.78. The van der Waals surface area contributed by atoms with Crippen LogP contribution in [0.3, 0.4) is 0 Å². The molecule has 0 spiro atoms. The zero-order valence-corrected chi connectivity index (χ0v) is 8.76. The van der Waals surface area contributed by atoms with Gasteiger partial charge >= 0.3 is 6.18 Å². The van der Waals surface area contributed by atoms with Gasteiger partial charge in [0.1, 0.15) is 0 Å². The van der Waals surface area contributed by atoms with Crippen molar-refractivity contribution in [1.29, 1.82) is 0 Å². The number of nitrogens with zero attached hydrogens (tertiary/aromatic N) is 1. The molecule has 5 nitrogen and oxygen atoms in total. The zero-order chi connectivity index (χ0) is 12.6. The molecule has 0 saturated carbocycles. The maximum absolute atomic E-state index is 12.1. The predicted octanol–water partition coefficient (Wildman–Crippen LogP) is -0.387. The molecule has 4 N–H and O–H groups in total. The lowest BCUT2D eigenvalue weighted by Gasteiger charge is -2.22. The lowest BCUT2D eigenvalue weighted by molar-refractivity contribution is -0.146. The Kier molecular flexibility index (Phi) is 7.02. The number of aliphatic hydroxyl groups excluding tert-OH is 1. The number of amides is 1. The number of carbonyl (C=O) groups is 1. The maximum Gasteiger partial charge on any atom is 0.401 e. The highest BCUT2D eigenvalue weighted by atomic mass is 19.4. The summed E-state index contributed by atoms with van der Waals surface area (Å²) >= 11 is 0. The number of halogens is 3. The van der Waals surface area contributed by atoms with E-state index < -0.39 is 18.6 Å². The van der Waals surface area contributed by atoms with E-state index in [9.17, 15) is 18.0 Å². The Hall–Kier alpha value is -0.860. The number of carbonyl (C=O) groups excluding carboxylic acids is 1. The van der Waals surface area contributed by atoms with Crippen LogP contribution in [0.5, 0.6) is 0 Å². The van der Waals surface area contributed by atoms with Gasteiger partial charge in [0.25, 0.3) is 0 Å². The SMILES string of the molecule is NNC(=O)CCCN(CCO)CC(F)(F)F. The lowest BCUT2D eigenvalue weighted by atomic mass is 10.2. The average molecular weight is 243 g/mol. The summed E-state index contributed by atoms with van der Waals surface area (Å²) in [7, 11) is 0. The Balaban J connectivity index is 3.89. The summed E-state index contributed by atoms with van der Waals surface area (Å²) in [6.07, 6.45) is -3.97. The van der Waals surface area contributed by atoms with E-state index in [1.54, 1.807) is 0 Å². The van der Waals surface area contributed by atoms with E-state index in [-0.39, 0.29) is 32.5 Å². The first kappa shape index (κ1) is 15.1. The molecule has 0 rings (SSSR count). The Morgan fingerprint density at radius 3 is 2.44 bits per heavy atom. The van der Waals surface area contributed by atoms with E-state index in [1.807, 2.05) is 5.43 Å². The average Bonchev–Trinajstić information content (AvgIpc) is 2.15. The first-order chi connectivity index (χ1) is 7.39. The highest BCUT2D eigenvalue weighted by molar-refractivity contribution is 5.75. The third-order valence-electron chi connectivity index (χ3n) is 1.86. The lowest BCUT2D eigenvalue weighted by Crippen LogP contribution is -2.37. The first-order valence-corrected chi connectivity index (χ1v) is 4.78. The zero-order valence-electron chi connectivity index (χ0n) is 8.76. The number of aliphatic hydroxyl groups is 1. The number of hydrazine groups is 1. The second-order valence-electron chi connectivity index (χ2n) is 3.29. The van der Waals surface area contributed by atoms with Gasteiger partial charge in [-0.1, -0.05) is 0 Å². The van der Waals surface area contributed by atoms with Gasteiger partial charge in [-0.3, -0.25) is 15.1 Å². The van der Waals surface area contributed by atoms with Gasteiger partial charge in [-0.05, 0) is 13.0 Å². The molecule has 0 aliphatic heterocycles. The summed E-state index contributed by atoms with van der Waals surface area (Å²) in [5.41, 5.74) is 1.89. The molecule has 96 valence electrons. The van der Waals surface area contributed by atoms with Crippen LogP contribution >= 0.6 is 0 Å². The van der Waals surface area contributed by atoms with E-state index in [2.05, 4.69) is 0 Å². The molecular formula is C8H16F3N3O2. The van der Waals surface area contributed by atoms with Crippen LogP contribution in [0.15, 0.2) is 0 Å². The van der Waals surface area contributed by atoms with Gasteiger partial charge in [0.15, 0.2) is 0 Å². The van der Waals surface area contributed by atoms with Crippen molar-refractivity contribution in [2.75, 3.05) is 26.2 Å². The molecule has 0 saturated heterocycles. The van der Waals surface area contributed by atoms with E-state index in [0.717, 1.165) is 4.90 Å². The summed E-state index contributed by atoms with van der Waals surface area (Å²) in [5.74, 6) is 4.40. The van der Waals surface area contributed by atoms with E-state index >= 15 is 0 Å². The van der Waals surface area contributed by atoms with Crippen LogP contribution in [0.2, 0.25) is 0 Å². The van der Waals surface area contributed by atoms with Crippen molar-refractivity contribution < 1.29 is 23.1 Å². The maximum atomic E-state index is 12.1.